The highest BCUT2D eigenvalue weighted by molar-refractivity contribution is 4.91. The third-order valence-electron chi connectivity index (χ3n) is 3.03. The van der Waals surface area contributed by atoms with Gasteiger partial charge >= 0.3 is 0 Å². The van der Waals surface area contributed by atoms with Crippen LogP contribution in [-0.4, -0.2) is 25.8 Å². The third kappa shape index (κ3) is 2.76. The quantitative estimate of drug-likeness (QED) is 0.681. The average Bonchev–Trinajstić information content (AvgIpc) is 2.79. The first-order valence-corrected chi connectivity index (χ1v) is 4.83. The van der Waals surface area contributed by atoms with E-state index in [1.807, 2.05) is 0 Å². The fourth-order valence-electron chi connectivity index (χ4n) is 1.17. The number of rotatable bonds is 5. The largest absolute Gasteiger partial charge is 0.380 e. The molecule has 12 heavy (non-hydrogen) atoms. The second-order valence-corrected chi connectivity index (χ2v) is 4.42. The number of hydrogen-bond donors (Lipinski definition) is 1. The molecule has 1 aliphatic carbocycles. The summed E-state index contributed by atoms with van der Waals surface area (Å²) >= 11 is 0. The molecule has 0 aliphatic heterocycles. The molecule has 1 fully saturated rings. The highest BCUT2D eigenvalue weighted by Gasteiger charge is 2.37. The van der Waals surface area contributed by atoms with E-state index >= 15 is 0 Å². The Kier molecular flexibility index (Phi) is 3.13. The lowest BCUT2D eigenvalue weighted by molar-refractivity contribution is 0.0871. The normalized spacial score (nSPS) is 25.0. The highest BCUT2D eigenvalue weighted by Crippen LogP contribution is 2.44. The van der Waals surface area contributed by atoms with Crippen LogP contribution >= 0.6 is 0 Å². The monoisotopic (exact) mass is 171 g/mol. The van der Waals surface area contributed by atoms with Crippen LogP contribution in [0, 0.1) is 5.41 Å². The maximum Gasteiger partial charge on any atom is 0.0693 e. The van der Waals surface area contributed by atoms with Crippen LogP contribution < -0.4 is 5.32 Å². The van der Waals surface area contributed by atoms with Gasteiger partial charge in [0.05, 0.1) is 6.10 Å². The smallest absolute Gasteiger partial charge is 0.0693 e. The summed E-state index contributed by atoms with van der Waals surface area (Å²) in [6.07, 6.45) is 3.08. The van der Waals surface area contributed by atoms with E-state index in [9.17, 15) is 0 Å². The molecule has 1 N–H and O–H groups in total. The van der Waals surface area contributed by atoms with Gasteiger partial charge in [-0.2, -0.15) is 0 Å². The van der Waals surface area contributed by atoms with Gasteiger partial charge in [0.1, 0.15) is 0 Å². The second kappa shape index (κ2) is 3.75. The average molecular weight is 171 g/mol. The van der Waals surface area contributed by atoms with E-state index in [1.54, 1.807) is 7.11 Å². The minimum atomic E-state index is 0.312. The zero-order valence-corrected chi connectivity index (χ0v) is 8.68. The molecular formula is C10H21NO. The highest BCUT2D eigenvalue weighted by atomic mass is 16.5. The van der Waals surface area contributed by atoms with E-state index in [2.05, 4.69) is 26.1 Å². The van der Waals surface area contributed by atoms with Crippen LogP contribution in [0.3, 0.4) is 0 Å². The Bertz CT molecular complexity index is 143. The van der Waals surface area contributed by atoms with Gasteiger partial charge in [0.2, 0.25) is 0 Å². The molecule has 0 aromatic carbocycles. The Hall–Kier alpha value is -0.0800. The van der Waals surface area contributed by atoms with Crippen molar-refractivity contribution in [3.63, 3.8) is 0 Å². The third-order valence-corrected chi connectivity index (χ3v) is 3.03. The number of nitrogens with one attached hydrogen (secondary N) is 1. The lowest BCUT2D eigenvalue weighted by Gasteiger charge is -2.21. The molecule has 0 spiro atoms. The van der Waals surface area contributed by atoms with Gasteiger partial charge in [0.15, 0.2) is 0 Å². The first-order chi connectivity index (χ1) is 5.57. The van der Waals surface area contributed by atoms with Crippen LogP contribution in [0.5, 0.6) is 0 Å². The van der Waals surface area contributed by atoms with Gasteiger partial charge in [-0.05, 0) is 32.1 Å². The zero-order valence-electron chi connectivity index (χ0n) is 8.68. The van der Waals surface area contributed by atoms with Crippen LogP contribution in [0.25, 0.3) is 0 Å². The van der Waals surface area contributed by atoms with Crippen LogP contribution in [0.15, 0.2) is 0 Å². The van der Waals surface area contributed by atoms with Crippen molar-refractivity contribution in [1.29, 1.82) is 0 Å². The molecule has 1 aliphatic rings. The van der Waals surface area contributed by atoms with Crippen molar-refractivity contribution < 1.29 is 4.74 Å². The second-order valence-electron chi connectivity index (χ2n) is 4.42. The van der Waals surface area contributed by atoms with Crippen molar-refractivity contribution >= 4 is 0 Å². The Morgan fingerprint density at radius 3 is 2.42 bits per heavy atom. The summed E-state index contributed by atoms with van der Waals surface area (Å²) in [5.74, 6) is 0. The predicted octanol–water partition coefficient (Wildman–Crippen LogP) is 1.80. The summed E-state index contributed by atoms with van der Waals surface area (Å²) in [5.41, 5.74) is 0.599. The van der Waals surface area contributed by atoms with Crippen LogP contribution in [0.1, 0.15) is 33.6 Å². The van der Waals surface area contributed by atoms with Gasteiger partial charge in [-0.15, -0.1) is 0 Å². The maximum atomic E-state index is 5.24. The SMILES string of the molecule is COC(C)C(C)NCC1(C)CC1. The van der Waals surface area contributed by atoms with E-state index in [1.165, 1.54) is 12.8 Å². The first-order valence-electron chi connectivity index (χ1n) is 4.83. The number of ether oxygens (including phenoxy) is 1. The van der Waals surface area contributed by atoms with E-state index in [0.29, 0.717) is 17.6 Å². The Morgan fingerprint density at radius 2 is 2.00 bits per heavy atom. The van der Waals surface area contributed by atoms with E-state index < -0.39 is 0 Å². The van der Waals surface area contributed by atoms with Crippen molar-refractivity contribution in [2.75, 3.05) is 13.7 Å². The molecular weight excluding hydrogens is 150 g/mol. The molecule has 0 aromatic heterocycles. The molecule has 1 saturated carbocycles. The molecule has 72 valence electrons. The summed E-state index contributed by atoms with van der Waals surface area (Å²) in [6, 6.07) is 0.465. The van der Waals surface area contributed by atoms with Gasteiger partial charge in [0, 0.05) is 19.7 Å². The summed E-state index contributed by atoms with van der Waals surface area (Å²) in [6.45, 7) is 7.76. The lowest BCUT2D eigenvalue weighted by atomic mass is 10.1. The molecule has 2 atom stereocenters. The first kappa shape index (κ1) is 10.0. The van der Waals surface area contributed by atoms with Crippen LogP contribution in [-0.2, 0) is 4.74 Å². The molecule has 0 aromatic rings. The van der Waals surface area contributed by atoms with Gasteiger partial charge < -0.3 is 10.1 Å². The topological polar surface area (TPSA) is 21.3 Å². The fourth-order valence-corrected chi connectivity index (χ4v) is 1.17. The Morgan fingerprint density at radius 1 is 1.42 bits per heavy atom. The zero-order chi connectivity index (χ0) is 9.19. The van der Waals surface area contributed by atoms with Crippen molar-refractivity contribution in [2.24, 2.45) is 5.41 Å². The Balaban J connectivity index is 2.13. The molecule has 2 unspecified atom stereocenters. The van der Waals surface area contributed by atoms with Crippen molar-refractivity contribution in [2.45, 2.75) is 45.8 Å². The van der Waals surface area contributed by atoms with Gasteiger partial charge in [0.25, 0.3) is 0 Å². The fraction of sp³-hybridized carbons (Fsp3) is 1.00. The molecule has 0 heterocycles. The minimum Gasteiger partial charge on any atom is -0.380 e. The standard InChI is InChI=1S/C10H21NO/c1-8(9(2)12-4)11-7-10(3)5-6-10/h8-9,11H,5-7H2,1-4H3. The summed E-state index contributed by atoms with van der Waals surface area (Å²) in [5, 5.41) is 3.51. The molecule has 0 bridgehead atoms. The van der Waals surface area contributed by atoms with Crippen molar-refractivity contribution in [3.8, 4) is 0 Å². The molecule has 0 radical (unpaired) electrons. The maximum absolute atomic E-state index is 5.24. The Labute approximate surface area is 75.7 Å². The summed E-state index contributed by atoms with van der Waals surface area (Å²) < 4.78 is 5.24. The molecule has 2 nitrogen and oxygen atoms in total. The van der Waals surface area contributed by atoms with E-state index in [0.717, 1.165) is 6.54 Å². The van der Waals surface area contributed by atoms with Gasteiger partial charge in [-0.1, -0.05) is 6.92 Å². The van der Waals surface area contributed by atoms with Crippen molar-refractivity contribution in [1.82, 2.24) is 5.32 Å². The molecule has 0 saturated heterocycles. The van der Waals surface area contributed by atoms with Gasteiger partial charge in [-0.3, -0.25) is 0 Å². The number of hydrogen-bond acceptors (Lipinski definition) is 2. The predicted molar refractivity (Wildman–Crippen MR) is 51.3 cm³/mol. The van der Waals surface area contributed by atoms with E-state index in [4.69, 9.17) is 4.74 Å². The molecule has 1 rings (SSSR count). The molecule has 0 amide bonds. The summed E-state index contributed by atoms with van der Waals surface area (Å²) in [7, 11) is 1.77. The van der Waals surface area contributed by atoms with Gasteiger partial charge in [-0.25, -0.2) is 0 Å². The molecule has 2 heteroatoms. The van der Waals surface area contributed by atoms with Crippen LogP contribution in [0.4, 0.5) is 0 Å². The minimum absolute atomic E-state index is 0.312. The van der Waals surface area contributed by atoms with E-state index in [-0.39, 0.29) is 0 Å². The lowest BCUT2D eigenvalue weighted by Crippen LogP contribution is -2.39. The van der Waals surface area contributed by atoms with Crippen LogP contribution in [0.2, 0.25) is 0 Å². The van der Waals surface area contributed by atoms with Crippen molar-refractivity contribution in [3.05, 3.63) is 0 Å². The summed E-state index contributed by atoms with van der Waals surface area (Å²) in [4.78, 5) is 0. The number of methoxy groups -OCH3 is 1.